The molecule has 1 fully saturated rings. The minimum atomic E-state index is -0.364. The summed E-state index contributed by atoms with van der Waals surface area (Å²) in [5.41, 5.74) is 12.6. The van der Waals surface area contributed by atoms with Crippen molar-refractivity contribution in [2.75, 3.05) is 13.1 Å². The summed E-state index contributed by atoms with van der Waals surface area (Å²) in [6.07, 6.45) is 1.91. The number of nitrogens with two attached hydrogens (primary N) is 2. The number of rotatable bonds is 2. The van der Waals surface area contributed by atoms with E-state index in [1.165, 1.54) is 5.56 Å². The highest BCUT2D eigenvalue weighted by molar-refractivity contribution is 9.11. The zero-order valence-corrected chi connectivity index (χ0v) is 11.8. The summed E-state index contributed by atoms with van der Waals surface area (Å²) in [6, 6.07) is 1.80. The molecule has 4 N–H and O–H groups in total. The van der Waals surface area contributed by atoms with Crippen LogP contribution in [0.15, 0.2) is 15.2 Å². The van der Waals surface area contributed by atoms with Crippen molar-refractivity contribution in [3.05, 3.63) is 20.8 Å². The zero-order valence-electron chi connectivity index (χ0n) is 9.43. The van der Waals surface area contributed by atoms with Gasteiger partial charge in [-0.05, 0) is 51.7 Å². The standard InChI is InChI=1S/C11H16BrN3OS/c12-10-3-8(6-17-10)1-7-2-9(13)5-15(4-7)11(14)16/h3,6-7,9H,1-2,4-5,13H2,(H2,14,16). The molecule has 1 aliphatic heterocycles. The van der Waals surface area contributed by atoms with E-state index in [0.717, 1.165) is 23.2 Å². The Bertz CT molecular complexity index is 409. The second-order valence-electron chi connectivity index (χ2n) is 4.57. The van der Waals surface area contributed by atoms with Crippen molar-refractivity contribution in [3.8, 4) is 0 Å². The molecule has 0 saturated carbocycles. The van der Waals surface area contributed by atoms with Crippen LogP contribution in [0.2, 0.25) is 0 Å². The predicted octanol–water partition coefficient (Wildman–Crippen LogP) is 1.78. The molecule has 0 aromatic carbocycles. The first-order chi connectivity index (χ1) is 8.04. The normalized spacial score (nSPS) is 24.9. The molecule has 0 aliphatic carbocycles. The lowest BCUT2D eigenvalue weighted by molar-refractivity contribution is 0.163. The van der Waals surface area contributed by atoms with Gasteiger partial charge in [0.1, 0.15) is 0 Å². The van der Waals surface area contributed by atoms with Crippen LogP contribution in [0.5, 0.6) is 0 Å². The summed E-state index contributed by atoms with van der Waals surface area (Å²) >= 11 is 5.13. The second-order valence-corrected chi connectivity index (χ2v) is 6.86. The molecule has 0 radical (unpaired) electrons. The van der Waals surface area contributed by atoms with Crippen LogP contribution in [-0.4, -0.2) is 30.1 Å². The molecule has 0 spiro atoms. The topological polar surface area (TPSA) is 72.4 Å². The summed E-state index contributed by atoms with van der Waals surface area (Å²) in [5.74, 6) is 0.410. The van der Waals surface area contributed by atoms with Gasteiger partial charge in [-0.15, -0.1) is 11.3 Å². The second kappa shape index (κ2) is 5.37. The monoisotopic (exact) mass is 317 g/mol. The van der Waals surface area contributed by atoms with E-state index in [9.17, 15) is 4.79 Å². The van der Waals surface area contributed by atoms with Gasteiger partial charge in [-0.3, -0.25) is 0 Å². The fraction of sp³-hybridized carbons (Fsp3) is 0.545. The van der Waals surface area contributed by atoms with Gasteiger partial charge < -0.3 is 16.4 Å². The number of hydrogen-bond donors (Lipinski definition) is 2. The molecular weight excluding hydrogens is 302 g/mol. The molecule has 4 nitrogen and oxygen atoms in total. The van der Waals surface area contributed by atoms with Gasteiger partial charge in [-0.1, -0.05) is 0 Å². The van der Waals surface area contributed by atoms with Crippen LogP contribution in [0.25, 0.3) is 0 Å². The summed E-state index contributed by atoms with van der Waals surface area (Å²) in [6.45, 7) is 1.30. The Balaban J connectivity index is 1.98. The van der Waals surface area contributed by atoms with Crippen molar-refractivity contribution in [2.45, 2.75) is 18.9 Å². The van der Waals surface area contributed by atoms with Crippen molar-refractivity contribution >= 4 is 33.3 Å². The van der Waals surface area contributed by atoms with E-state index >= 15 is 0 Å². The van der Waals surface area contributed by atoms with Crippen molar-refractivity contribution in [3.63, 3.8) is 0 Å². The van der Waals surface area contributed by atoms with Crippen LogP contribution in [0.1, 0.15) is 12.0 Å². The lowest BCUT2D eigenvalue weighted by Crippen LogP contribution is -2.51. The number of thiophene rings is 1. The Kier molecular flexibility index (Phi) is 4.06. The Morgan fingerprint density at radius 2 is 2.35 bits per heavy atom. The van der Waals surface area contributed by atoms with E-state index in [0.29, 0.717) is 12.5 Å². The maximum absolute atomic E-state index is 11.2. The van der Waals surface area contributed by atoms with Crippen LogP contribution in [0, 0.1) is 5.92 Å². The maximum Gasteiger partial charge on any atom is 0.314 e. The number of nitrogens with zero attached hydrogens (tertiary/aromatic N) is 1. The van der Waals surface area contributed by atoms with Crippen LogP contribution >= 0.6 is 27.3 Å². The summed E-state index contributed by atoms with van der Waals surface area (Å²) in [5, 5.41) is 2.14. The highest BCUT2D eigenvalue weighted by Gasteiger charge is 2.27. The third kappa shape index (κ3) is 3.43. The number of carbonyl (C=O) groups excluding carboxylic acids is 1. The molecule has 1 aromatic heterocycles. The average molecular weight is 318 g/mol. The summed E-state index contributed by atoms with van der Waals surface area (Å²) < 4.78 is 1.14. The number of carbonyl (C=O) groups is 1. The van der Waals surface area contributed by atoms with E-state index in [2.05, 4.69) is 27.4 Å². The van der Waals surface area contributed by atoms with Gasteiger partial charge in [0.2, 0.25) is 0 Å². The molecule has 2 rings (SSSR count). The lowest BCUT2D eigenvalue weighted by atomic mass is 9.90. The first kappa shape index (κ1) is 12.9. The molecule has 6 heteroatoms. The molecule has 1 aromatic rings. The number of likely N-dealkylation sites (tertiary alicyclic amines) is 1. The number of primary amides is 1. The molecule has 2 heterocycles. The SMILES string of the molecule is NC(=O)N1CC(N)CC(Cc2csc(Br)c2)C1. The Morgan fingerprint density at radius 1 is 1.59 bits per heavy atom. The van der Waals surface area contributed by atoms with Crippen LogP contribution < -0.4 is 11.5 Å². The molecular formula is C11H16BrN3OS. The molecule has 0 bridgehead atoms. The third-order valence-electron chi connectivity index (χ3n) is 3.03. The first-order valence-electron chi connectivity index (χ1n) is 5.57. The van der Waals surface area contributed by atoms with E-state index in [4.69, 9.17) is 11.5 Å². The number of amides is 2. The van der Waals surface area contributed by atoms with Crippen LogP contribution in [0.3, 0.4) is 0 Å². The summed E-state index contributed by atoms with van der Waals surface area (Å²) in [7, 11) is 0. The highest BCUT2D eigenvalue weighted by atomic mass is 79.9. The number of piperidine rings is 1. The zero-order chi connectivity index (χ0) is 12.4. The first-order valence-corrected chi connectivity index (χ1v) is 7.24. The van der Waals surface area contributed by atoms with E-state index in [-0.39, 0.29) is 12.1 Å². The van der Waals surface area contributed by atoms with Crippen molar-refractivity contribution in [1.82, 2.24) is 4.90 Å². The van der Waals surface area contributed by atoms with E-state index in [1.807, 2.05) is 0 Å². The van der Waals surface area contributed by atoms with E-state index in [1.54, 1.807) is 16.2 Å². The predicted molar refractivity (Wildman–Crippen MR) is 73.0 cm³/mol. The van der Waals surface area contributed by atoms with Crippen molar-refractivity contribution < 1.29 is 4.79 Å². The fourth-order valence-corrected chi connectivity index (χ4v) is 3.58. The fourth-order valence-electron chi connectivity index (χ4n) is 2.36. The quantitative estimate of drug-likeness (QED) is 0.872. The Hall–Kier alpha value is -0.590. The largest absolute Gasteiger partial charge is 0.351 e. The molecule has 1 saturated heterocycles. The average Bonchev–Trinajstić information content (AvgIpc) is 2.63. The smallest absolute Gasteiger partial charge is 0.314 e. The van der Waals surface area contributed by atoms with Crippen molar-refractivity contribution in [2.24, 2.45) is 17.4 Å². The molecule has 17 heavy (non-hydrogen) atoms. The van der Waals surface area contributed by atoms with E-state index < -0.39 is 0 Å². The highest BCUT2D eigenvalue weighted by Crippen LogP contribution is 2.26. The number of urea groups is 1. The van der Waals surface area contributed by atoms with Gasteiger partial charge in [-0.25, -0.2) is 4.79 Å². The lowest BCUT2D eigenvalue weighted by Gasteiger charge is -2.35. The van der Waals surface area contributed by atoms with Crippen LogP contribution in [0.4, 0.5) is 4.79 Å². The molecule has 1 aliphatic rings. The third-order valence-corrected chi connectivity index (χ3v) is 4.58. The van der Waals surface area contributed by atoms with Crippen molar-refractivity contribution in [1.29, 1.82) is 0 Å². The van der Waals surface area contributed by atoms with Crippen LogP contribution in [-0.2, 0) is 6.42 Å². The molecule has 2 atom stereocenters. The Morgan fingerprint density at radius 3 is 2.94 bits per heavy atom. The Labute approximate surface area is 113 Å². The number of hydrogen-bond acceptors (Lipinski definition) is 3. The molecule has 2 unspecified atom stereocenters. The van der Waals surface area contributed by atoms with Gasteiger partial charge >= 0.3 is 6.03 Å². The number of halogens is 1. The molecule has 94 valence electrons. The minimum Gasteiger partial charge on any atom is -0.351 e. The van der Waals surface area contributed by atoms with Gasteiger partial charge in [0.25, 0.3) is 0 Å². The van der Waals surface area contributed by atoms with Gasteiger partial charge in [-0.2, -0.15) is 0 Å². The minimum absolute atomic E-state index is 0.0447. The van der Waals surface area contributed by atoms with Gasteiger partial charge in [0, 0.05) is 19.1 Å². The summed E-state index contributed by atoms with van der Waals surface area (Å²) in [4.78, 5) is 12.8. The van der Waals surface area contributed by atoms with Gasteiger partial charge in [0.05, 0.1) is 3.79 Å². The molecule has 2 amide bonds. The maximum atomic E-state index is 11.2. The van der Waals surface area contributed by atoms with Gasteiger partial charge in [0.15, 0.2) is 0 Å².